The molecule has 0 bridgehead atoms. The summed E-state index contributed by atoms with van der Waals surface area (Å²) in [4.78, 5) is 20.6. The quantitative estimate of drug-likeness (QED) is 0.541. The molecule has 0 saturated carbocycles. The lowest BCUT2D eigenvalue weighted by Crippen LogP contribution is -2.22. The van der Waals surface area contributed by atoms with Crippen molar-refractivity contribution in [3.8, 4) is 0 Å². The first-order chi connectivity index (χ1) is 10.8. The number of thiophene rings is 1. The molecule has 0 saturated heterocycles. The van der Waals surface area contributed by atoms with Crippen LogP contribution in [-0.4, -0.2) is 22.4 Å². The highest BCUT2D eigenvalue weighted by Gasteiger charge is 2.02. The van der Waals surface area contributed by atoms with Gasteiger partial charge in [0.15, 0.2) is 0 Å². The second kappa shape index (κ2) is 7.04. The number of aromatic nitrogens is 2. The highest BCUT2D eigenvalue weighted by atomic mass is 32.1. The Morgan fingerprint density at radius 1 is 1.27 bits per heavy atom. The Bertz CT molecular complexity index is 741. The summed E-state index contributed by atoms with van der Waals surface area (Å²) < 4.78 is 0. The highest BCUT2D eigenvalue weighted by Crippen LogP contribution is 2.11. The molecule has 1 amide bonds. The van der Waals surface area contributed by atoms with Gasteiger partial charge in [-0.05, 0) is 36.1 Å². The molecule has 0 unspecified atom stereocenters. The maximum Gasteiger partial charge on any atom is 0.244 e. The predicted molar refractivity (Wildman–Crippen MR) is 90.8 cm³/mol. The van der Waals surface area contributed by atoms with Crippen LogP contribution in [0.5, 0.6) is 0 Å². The van der Waals surface area contributed by atoms with Crippen molar-refractivity contribution in [3.63, 3.8) is 0 Å². The van der Waals surface area contributed by atoms with E-state index >= 15 is 0 Å². The monoisotopic (exact) mass is 311 g/mol. The number of H-pyrrole nitrogens is 1. The van der Waals surface area contributed by atoms with E-state index in [1.165, 1.54) is 0 Å². The number of nitrogens with zero attached hydrogens (tertiary/aromatic N) is 1. The number of hydrogen-bond acceptors (Lipinski definition) is 3. The van der Waals surface area contributed by atoms with Crippen LogP contribution in [0, 0.1) is 0 Å². The summed E-state index contributed by atoms with van der Waals surface area (Å²) in [5, 5.41) is 4.88. The van der Waals surface area contributed by atoms with Gasteiger partial charge in [-0.25, -0.2) is 4.98 Å². The third kappa shape index (κ3) is 3.83. The zero-order valence-electron chi connectivity index (χ0n) is 12.1. The summed E-state index contributed by atoms with van der Waals surface area (Å²) in [6, 6.07) is 11.9. The van der Waals surface area contributed by atoms with Crippen LogP contribution < -0.4 is 5.32 Å². The highest BCUT2D eigenvalue weighted by molar-refractivity contribution is 7.10. The largest absolute Gasteiger partial charge is 0.353 e. The van der Waals surface area contributed by atoms with Crippen LogP contribution in [0.4, 0.5) is 0 Å². The molecule has 5 heteroatoms. The van der Waals surface area contributed by atoms with Crippen molar-refractivity contribution in [1.29, 1.82) is 0 Å². The minimum Gasteiger partial charge on any atom is -0.353 e. The van der Waals surface area contributed by atoms with Crippen LogP contribution in [0.25, 0.3) is 17.1 Å². The number of aromatic amines is 1. The maximum atomic E-state index is 11.7. The summed E-state index contributed by atoms with van der Waals surface area (Å²) in [6.07, 6.45) is 5.09. The van der Waals surface area contributed by atoms with Gasteiger partial charge in [0.05, 0.1) is 11.0 Å². The van der Waals surface area contributed by atoms with Crippen LogP contribution in [0.1, 0.15) is 17.1 Å². The van der Waals surface area contributed by atoms with E-state index in [0.29, 0.717) is 6.54 Å². The van der Waals surface area contributed by atoms with Crippen LogP contribution in [0.2, 0.25) is 0 Å². The Balaban J connectivity index is 1.42. The van der Waals surface area contributed by atoms with E-state index < -0.39 is 0 Å². The van der Waals surface area contributed by atoms with Gasteiger partial charge in [-0.1, -0.05) is 18.2 Å². The summed E-state index contributed by atoms with van der Waals surface area (Å²) in [6.45, 7) is 0.644. The van der Waals surface area contributed by atoms with Crippen LogP contribution >= 0.6 is 11.3 Å². The molecule has 3 rings (SSSR count). The van der Waals surface area contributed by atoms with Crippen molar-refractivity contribution in [3.05, 3.63) is 58.6 Å². The number of imidazole rings is 1. The SMILES string of the molecule is O=C(/C=C/c1cccs1)NCCCc1nc2ccccc2[nH]1. The summed E-state index contributed by atoms with van der Waals surface area (Å²) >= 11 is 1.61. The number of fused-ring (bicyclic) bond motifs is 1. The number of carbonyl (C=O) groups excluding carboxylic acids is 1. The van der Waals surface area contributed by atoms with Gasteiger partial charge in [-0.3, -0.25) is 4.79 Å². The van der Waals surface area contributed by atoms with Crippen LogP contribution in [0.3, 0.4) is 0 Å². The Morgan fingerprint density at radius 3 is 3.00 bits per heavy atom. The van der Waals surface area contributed by atoms with Gasteiger partial charge in [0.1, 0.15) is 5.82 Å². The molecule has 1 aromatic carbocycles. The van der Waals surface area contributed by atoms with Gasteiger partial charge in [-0.15, -0.1) is 11.3 Å². The van der Waals surface area contributed by atoms with Crippen molar-refractivity contribution >= 4 is 34.4 Å². The Morgan fingerprint density at radius 2 is 2.18 bits per heavy atom. The van der Waals surface area contributed by atoms with Gasteiger partial charge in [0.2, 0.25) is 5.91 Å². The molecule has 0 aliphatic heterocycles. The molecule has 0 aliphatic carbocycles. The minimum atomic E-state index is -0.0574. The first-order valence-corrected chi connectivity index (χ1v) is 8.12. The fourth-order valence-corrected chi connectivity index (χ4v) is 2.81. The summed E-state index contributed by atoms with van der Waals surface area (Å²) in [7, 11) is 0. The zero-order chi connectivity index (χ0) is 15.2. The number of rotatable bonds is 6. The van der Waals surface area contributed by atoms with Gasteiger partial charge >= 0.3 is 0 Å². The molecule has 0 atom stereocenters. The molecular weight excluding hydrogens is 294 g/mol. The number of hydrogen-bond donors (Lipinski definition) is 2. The average Bonchev–Trinajstić information content (AvgIpc) is 3.18. The minimum absolute atomic E-state index is 0.0574. The van der Waals surface area contributed by atoms with Crippen molar-refractivity contribution in [2.75, 3.05) is 6.54 Å². The number of aryl methyl sites for hydroxylation is 1. The van der Waals surface area contributed by atoms with Crippen LogP contribution in [0.15, 0.2) is 47.9 Å². The lowest BCUT2D eigenvalue weighted by Gasteiger charge is -2.00. The molecule has 2 heterocycles. The van der Waals surface area contributed by atoms with E-state index in [4.69, 9.17) is 0 Å². The second-order valence-corrected chi connectivity index (χ2v) is 5.92. The van der Waals surface area contributed by atoms with E-state index in [0.717, 1.165) is 34.6 Å². The second-order valence-electron chi connectivity index (χ2n) is 4.94. The van der Waals surface area contributed by atoms with Crippen molar-refractivity contribution in [2.45, 2.75) is 12.8 Å². The smallest absolute Gasteiger partial charge is 0.244 e. The zero-order valence-corrected chi connectivity index (χ0v) is 12.9. The standard InChI is InChI=1S/C17H17N3OS/c21-17(10-9-13-5-4-12-22-13)18-11-3-8-16-19-14-6-1-2-7-15(14)20-16/h1-2,4-7,9-10,12H,3,8,11H2,(H,18,21)(H,19,20)/b10-9+. The summed E-state index contributed by atoms with van der Waals surface area (Å²) in [5.41, 5.74) is 2.04. The van der Waals surface area contributed by atoms with E-state index in [-0.39, 0.29) is 5.91 Å². The molecule has 0 aliphatic rings. The van der Waals surface area contributed by atoms with E-state index in [9.17, 15) is 4.79 Å². The number of amides is 1. The lowest BCUT2D eigenvalue weighted by molar-refractivity contribution is -0.116. The molecule has 0 spiro atoms. The molecular formula is C17H17N3OS. The third-order valence-electron chi connectivity index (χ3n) is 3.27. The van der Waals surface area contributed by atoms with E-state index in [1.807, 2.05) is 47.9 Å². The van der Waals surface area contributed by atoms with Crippen molar-refractivity contribution < 1.29 is 4.79 Å². The van der Waals surface area contributed by atoms with Crippen LogP contribution in [-0.2, 0) is 11.2 Å². The van der Waals surface area contributed by atoms with Gasteiger partial charge in [-0.2, -0.15) is 0 Å². The van der Waals surface area contributed by atoms with Gasteiger partial charge in [0.25, 0.3) is 0 Å². The number of benzene rings is 1. The van der Waals surface area contributed by atoms with Gasteiger partial charge in [0, 0.05) is 23.9 Å². The van der Waals surface area contributed by atoms with Gasteiger partial charge < -0.3 is 10.3 Å². The Kier molecular flexibility index (Phi) is 4.65. The molecule has 0 fully saturated rings. The average molecular weight is 311 g/mol. The molecule has 0 radical (unpaired) electrons. The molecule has 4 nitrogen and oxygen atoms in total. The number of nitrogens with one attached hydrogen (secondary N) is 2. The van der Waals surface area contributed by atoms with Crippen molar-refractivity contribution in [1.82, 2.24) is 15.3 Å². The number of para-hydroxylation sites is 2. The van der Waals surface area contributed by atoms with E-state index in [1.54, 1.807) is 17.4 Å². The number of carbonyl (C=O) groups is 1. The first kappa shape index (κ1) is 14.5. The molecule has 2 N–H and O–H groups in total. The maximum absolute atomic E-state index is 11.7. The molecule has 2 aromatic heterocycles. The molecule has 3 aromatic rings. The fraction of sp³-hybridized carbons (Fsp3) is 0.176. The first-order valence-electron chi connectivity index (χ1n) is 7.24. The normalized spacial score (nSPS) is 11.3. The summed E-state index contributed by atoms with van der Waals surface area (Å²) in [5.74, 6) is 0.905. The predicted octanol–water partition coefficient (Wildman–Crippen LogP) is 3.39. The third-order valence-corrected chi connectivity index (χ3v) is 4.11. The molecule has 22 heavy (non-hydrogen) atoms. The van der Waals surface area contributed by atoms with E-state index in [2.05, 4.69) is 15.3 Å². The molecule has 112 valence electrons. The fourth-order valence-electron chi connectivity index (χ4n) is 2.19. The Hall–Kier alpha value is -2.40. The Labute approximate surface area is 132 Å². The van der Waals surface area contributed by atoms with Crippen molar-refractivity contribution in [2.24, 2.45) is 0 Å². The lowest BCUT2D eigenvalue weighted by atomic mass is 10.3. The topological polar surface area (TPSA) is 57.8 Å².